The molecule has 0 aliphatic carbocycles. The van der Waals surface area contributed by atoms with E-state index in [1.54, 1.807) is 0 Å². The molecule has 3 rings (SSSR count). The molecule has 1 atom stereocenters. The van der Waals surface area contributed by atoms with Gasteiger partial charge in [0.05, 0.1) is 22.2 Å². The van der Waals surface area contributed by atoms with Crippen LogP contribution in [0.5, 0.6) is 0 Å². The van der Waals surface area contributed by atoms with E-state index in [-0.39, 0.29) is 11.2 Å². The second kappa shape index (κ2) is 7.90. The third-order valence-electron chi connectivity index (χ3n) is 3.98. The summed E-state index contributed by atoms with van der Waals surface area (Å²) in [7, 11) is 0. The number of thioether (sulfide) groups is 1. The minimum absolute atomic E-state index is 0.0821. The van der Waals surface area contributed by atoms with Crippen LogP contribution in [0.4, 0.5) is 11.5 Å². The van der Waals surface area contributed by atoms with Crippen molar-refractivity contribution in [3.05, 3.63) is 47.6 Å². The highest BCUT2D eigenvalue weighted by atomic mass is 35.5. The molecule has 1 unspecified atom stereocenters. The predicted octanol–water partition coefficient (Wildman–Crippen LogP) is 4.45. The van der Waals surface area contributed by atoms with Crippen LogP contribution in [-0.2, 0) is 4.79 Å². The van der Waals surface area contributed by atoms with Crippen LogP contribution >= 0.6 is 23.4 Å². The number of benzene rings is 1. The number of nitrogens with one attached hydrogen (secondary N) is 1. The molecule has 1 saturated heterocycles. The van der Waals surface area contributed by atoms with Gasteiger partial charge in [-0.25, -0.2) is 4.98 Å². The average molecular weight is 362 g/mol. The Balaban J connectivity index is 1.58. The van der Waals surface area contributed by atoms with Crippen molar-refractivity contribution >= 4 is 40.8 Å². The molecule has 1 aromatic carbocycles. The summed E-state index contributed by atoms with van der Waals surface area (Å²) in [5, 5.41) is 3.27. The Kier molecular flexibility index (Phi) is 5.63. The molecule has 0 saturated carbocycles. The van der Waals surface area contributed by atoms with Crippen LogP contribution in [0.1, 0.15) is 19.8 Å². The van der Waals surface area contributed by atoms with E-state index in [4.69, 9.17) is 11.6 Å². The molecule has 0 radical (unpaired) electrons. The van der Waals surface area contributed by atoms with Gasteiger partial charge in [-0.2, -0.15) is 0 Å². The van der Waals surface area contributed by atoms with Gasteiger partial charge in [-0.1, -0.05) is 23.7 Å². The van der Waals surface area contributed by atoms with E-state index < -0.39 is 0 Å². The molecular formula is C18H20ClN3OS. The number of halogens is 1. The van der Waals surface area contributed by atoms with Gasteiger partial charge in [0.1, 0.15) is 5.82 Å². The average Bonchev–Trinajstić information content (AvgIpc) is 3.12. The standard InChI is InChI=1S/C18H20ClN3OS/c1-13(24-16-7-3-2-6-15(16)19)18(23)21-17-9-8-14(12-20-17)22-10-4-5-11-22/h2-3,6-9,12-13H,4-5,10-11H2,1H3,(H,20,21,23). The third kappa shape index (κ3) is 4.22. The highest BCUT2D eigenvalue weighted by Gasteiger charge is 2.17. The minimum Gasteiger partial charge on any atom is -0.370 e. The van der Waals surface area contributed by atoms with Gasteiger partial charge < -0.3 is 10.2 Å². The Morgan fingerprint density at radius 1 is 1.25 bits per heavy atom. The monoisotopic (exact) mass is 361 g/mol. The first-order chi connectivity index (χ1) is 11.6. The molecule has 2 aromatic rings. The molecular weight excluding hydrogens is 342 g/mol. The molecule has 126 valence electrons. The van der Waals surface area contributed by atoms with Crippen molar-refractivity contribution in [3.63, 3.8) is 0 Å². The molecule has 24 heavy (non-hydrogen) atoms. The number of rotatable bonds is 5. The minimum atomic E-state index is -0.259. The van der Waals surface area contributed by atoms with Gasteiger partial charge in [-0.05, 0) is 44.0 Å². The van der Waals surface area contributed by atoms with E-state index in [9.17, 15) is 4.79 Å². The molecule has 4 nitrogen and oxygen atoms in total. The zero-order valence-electron chi connectivity index (χ0n) is 13.5. The summed E-state index contributed by atoms with van der Waals surface area (Å²) in [6.45, 7) is 4.03. The molecule has 2 heterocycles. The van der Waals surface area contributed by atoms with E-state index >= 15 is 0 Å². The predicted molar refractivity (Wildman–Crippen MR) is 101 cm³/mol. The van der Waals surface area contributed by atoms with E-state index in [2.05, 4.69) is 15.2 Å². The van der Waals surface area contributed by atoms with Gasteiger partial charge in [0, 0.05) is 18.0 Å². The van der Waals surface area contributed by atoms with Crippen LogP contribution < -0.4 is 10.2 Å². The summed E-state index contributed by atoms with van der Waals surface area (Å²) < 4.78 is 0. The molecule has 1 aromatic heterocycles. The zero-order chi connectivity index (χ0) is 16.9. The highest BCUT2D eigenvalue weighted by Crippen LogP contribution is 2.30. The van der Waals surface area contributed by atoms with Crippen molar-refractivity contribution in [2.75, 3.05) is 23.3 Å². The van der Waals surface area contributed by atoms with Gasteiger partial charge in [0.15, 0.2) is 0 Å². The van der Waals surface area contributed by atoms with Crippen molar-refractivity contribution in [1.82, 2.24) is 4.98 Å². The fourth-order valence-electron chi connectivity index (χ4n) is 2.63. The second-order valence-electron chi connectivity index (χ2n) is 5.78. The lowest BCUT2D eigenvalue weighted by Crippen LogP contribution is -2.23. The number of amides is 1. The number of hydrogen-bond donors (Lipinski definition) is 1. The summed E-state index contributed by atoms with van der Waals surface area (Å²) in [5.74, 6) is 0.496. The third-order valence-corrected chi connectivity index (χ3v) is 5.60. The maximum atomic E-state index is 12.3. The number of pyridine rings is 1. The van der Waals surface area contributed by atoms with Gasteiger partial charge in [0.25, 0.3) is 0 Å². The SMILES string of the molecule is CC(Sc1ccccc1Cl)C(=O)Nc1ccc(N2CCCC2)cn1. The zero-order valence-corrected chi connectivity index (χ0v) is 15.1. The maximum Gasteiger partial charge on any atom is 0.238 e. The molecule has 1 fully saturated rings. The first-order valence-electron chi connectivity index (χ1n) is 8.06. The normalized spacial score (nSPS) is 15.3. The van der Waals surface area contributed by atoms with E-state index in [0.717, 1.165) is 23.7 Å². The number of hydrogen-bond acceptors (Lipinski definition) is 4. The second-order valence-corrected chi connectivity index (χ2v) is 7.57. The van der Waals surface area contributed by atoms with Crippen LogP contribution in [0, 0.1) is 0 Å². The molecule has 6 heteroatoms. The lowest BCUT2D eigenvalue weighted by Gasteiger charge is -2.17. The molecule has 0 bridgehead atoms. The maximum absolute atomic E-state index is 12.3. The highest BCUT2D eigenvalue weighted by molar-refractivity contribution is 8.00. The summed E-state index contributed by atoms with van der Waals surface area (Å²) in [5.41, 5.74) is 1.11. The number of anilines is 2. The lowest BCUT2D eigenvalue weighted by atomic mass is 10.3. The molecule has 1 aliphatic heterocycles. The molecule has 1 amide bonds. The Morgan fingerprint density at radius 3 is 2.67 bits per heavy atom. The van der Waals surface area contributed by atoms with E-state index in [0.29, 0.717) is 10.8 Å². The first kappa shape index (κ1) is 17.1. The Hall–Kier alpha value is -1.72. The van der Waals surface area contributed by atoms with Gasteiger partial charge in [-0.3, -0.25) is 4.79 Å². The van der Waals surface area contributed by atoms with Crippen LogP contribution in [0.15, 0.2) is 47.5 Å². The fraction of sp³-hybridized carbons (Fsp3) is 0.333. The van der Waals surface area contributed by atoms with Crippen molar-refractivity contribution in [2.45, 2.75) is 29.9 Å². The van der Waals surface area contributed by atoms with E-state index in [1.807, 2.05) is 49.5 Å². The fourth-order valence-corrected chi connectivity index (χ4v) is 3.79. The lowest BCUT2D eigenvalue weighted by molar-refractivity contribution is -0.115. The topological polar surface area (TPSA) is 45.2 Å². The quantitative estimate of drug-likeness (QED) is 0.799. The molecule has 1 aliphatic rings. The Morgan fingerprint density at radius 2 is 2.00 bits per heavy atom. The number of nitrogens with zero attached hydrogens (tertiary/aromatic N) is 2. The molecule has 1 N–H and O–H groups in total. The smallest absolute Gasteiger partial charge is 0.238 e. The van der Waals surface area contributed by atoms with Gasteiger partial charge >= 0.3 is 0 Å². The Bertz CT molecular complexity index is 702. The van der Waals surface area contributed by atoms with Crippen LogP contribution in [0.3, 0.4) is 0 Å². The van der Waals surface area contributed by atoms with Crippen LogP contribution in [0.25, 0.3) is 0 Å². The number of carbonyl (C=O) groups is 1. The van der Waals surface area contributed by atoms with Gasteiger partial charge in [0.2, 0.25) is 5.91 Å². The first-order valence-corrected chi connectivity index (χ1v) is 9.32. The summed E-state index contributed by atoms with van der Waals surface area (Å²) in [6, 6.07) is 11.4. The van der Waals surface area contributed by atoms with Crippen molar-refractivity contribution in [2.24, 2.45) is 0 Å². The Labute approximate surface area is 151 Å². The van der Waals surface area contributed by atoms with Crippen LogP contribution in [-0.4, -0.2) is 29.2 Å². The largest absolute Gasteiger partial charge is 0.370 e. The summed E-state index contributed by atoms with van der Waals surface area (Å²) in [4.78, 5) is 19.9. The van der Waals surface area contributed by atoms with Crippen LogP contribution in [0.2, 0.25) is 5.02 Å². The summed E-state index contributed by atoms with van der Waals surface area (Å²) >= 11 is 7.58. The van der Waals surface area contributed by atoms with Crippen molar-refractivity contribution < 1.29 is 4.79 Å². The van der Waals surface area contributed by atoms with Crippen molar-refractivity contribution in [3.8, 4) is 0 Å². The number of carbonyl (C=O) groups excluding carboxylic acids is 1. The number of aromatic nitrogens is 1. The molecule has 0 spiro atoms. The van der Waals surface area contributed by atoms with Crippen molar-refractivity contribution in [1.29, 1.82) is 0 Å². The summed E-state index contributed by atoms with van der Waals surface area (Å²) in [6.07, 6.45) is 4.29. The van der Waals surface area contributed by atoms with Gasteiger partial charge in [-0.15, -0.1) is 11.8 Å². The van der Waals surface area contributed by atoms with E-state index in [1.165, 1.54) is 24.6 Å².